The highest BCUT2D eigenvalue weighted by molar-refractivity contribution is 6.09. The predicted octanol–water partition coefficient (Wildman–Crippen LogP) is -2.88. The van der Waals surface area contributed by atoms with E-state index in [0.29, 0.717) is 0 Å². The molecule has 5 nitrogen and oxygen atoms in total. The zero-order chi connectivity index (χ0) is 4.99. The molecule has 0 spiro atoms. The maximum atomic E-state index is 9.75. The van der Waals surface area contributed by atoms with Gasteiger partial charge in [-0.1, -0.05) is 0 Å². The molecular weight excluding hydrogens is 146 g/mol. The molecule has 0 aromatic carbocycles. The lowest BCUT2D eigenvalue weighted by Gasteiger charge is -1.95. The number of hydrogen-bond acceptors (Lipinski definition) is 3. The van der Waals surface area contributed by atoms with E-state index in [1.807, 2.05) is 0 Å². The van der Waals surface area contributed by atoms with Crippen molar-refractivity contribution in [3.8, 4) is 0 Å². The first-order chi connectivity index (χ1) is 2.81. The maximum absolute atomic E-state index is 9.75. The van der Waals surface area contributed by atoms with Crippen LogP contribution in [0.4, 0.5) is 4.79 Å². The van der Waals surface area contributed by atoms with Crippen molar-refractivity contribution >= 4 is 39.4 Å². The normalized spacial score (nSPS) is 5.00. The average Bonchev–Trinajstić information content (AvgIpc) is 1.65. The van der Waals surface area contributed by atoms with Crippen molar-refractivity contribution in [3.63, 3.8) is 0 Å². The fourth-order valence-electron chi connectivity index (χ4n) is 0.0417. The van der Waals surface area contributed by atoms with Crippen LogP contribution in [0.2, 0.25) is 0 Å². The van der Waals surface area contributed by atoms with E-state index in [-0.39, 0.29) is 11.0 Å². The van der Waals surface area contributed by atoms with Crippen LogP contribution in [0.1, 0.15) is 0 Å². The van der Waals surface area contributed by atoms with Gasteiger partial charge in [0.15, 0.2) is 0 Å². The highest BCUT2D eigenvalue weighted by Crippen LogP contribution is 1.70. The standard InChI is InChI=1S/CH2O3.2Al.2H2O.2H/c2-1(3)4;;;;;;/h(H2,2,3,4);;;2*1H2;;/q;2*+1;;;;/p-2. The molecule has 7 heteroatoms. The number of rotatable bonds is 0. The Morgan fingerprint density at radius 2 is 1.38 bits per heavy atom. The Hall–Kier alpha value is 0.255. The second-order valence-corrected chi connectivity index (χ2v) is 1.12. The van der Waals surface area contributed by atoms with Crippen molar-refractivity contribution in [2.45, 2.75) is 0 Å². The van der Waals surface area contributed by atoms with E-state index < -0.39 is 6.16 Å². The molecule has 0 aliphatic heterocycles. The molecule has 0 atom stereocenters. The van der Waals surface area contributed by atoms with Gasteiger partial charge in [0.25, 0.3) is 0 Å². The minimum Gasteiger partial charge on any atom is -0.596 e. The van der Waals surface area contributed by atoms with E-state index in [2.05, 4.69) is 7.58 Å². The molecule has 0 amide bonds. The van der Waals surface area contributed by atoms with Crippen molar-refractivity contribution in [1.82, 2.24) is 0 Å². The van der Waals surface area contributed by atoms with Gasteiger partial charge in [0.05, 0.1) is 0 Å². The van der Waals surface area contributed by atoms with Gasteiger partial charge < -0.3 is 18.5 Å². The van der Waals surface area contributed by atoms with Gasteiger partial charge in [0, 0.05) is 0 Å². The highest BCUT2D eigenvalue weighted by atomic mass is 27.1. The van der Waals surface area contributed by atoms with E-state index in [0.717, 1.165) is 33.2 Å². The predicted molar refractivity (Wildman–Crippen MR) is 29.1 cm³/mol. The Labute approximate surface area is 63.1 Å². The SMILES string of the molecule is O.O.O=C([O][AlH])[O][AlH]. The highest BCUT2D eigenvalue weighted by Gasteiger charge is 1.85. The molecule has 0 unspecified atom stereocenters. The zero-order valence-electron chi connectivity index (χ0n) is 4.14. The molecule has 0 aliphatic rings. The lowest BCUT2D eigenvalue weighted by molar-refractivity contribution is 0.160. The third-order valence-corrected chi connectivity index (χ3v) is 0.707. The number of carbonyl (C=O) groups excluding carboxylic acids is 1. The third-order valence-electron chi connectivity index (χ3n) is 0.236. The lowest BCUT2D eigenvalue weighted by Crippen LogP contribution is -2.00. The fraction of sp³-hybridized carbons (Fsp3) is 0. The van der Waals surface area contributed by atoms with Crippen molar-refractivity contribution in [3.05, 3.63) is 0 Å². The van der Waals surface area contributed by atoms with Crippen LogP contribution in [0.25, 0.3) is 0 Å². The first-order valence-electron chi connectivity index (χ1n) is 1.19. The fourth-order valence-corrected chi connectivity index (χ4v) is 0.375. The summed E-state index contributed by atoms with van der Waals surface area (Å²) < 4.78 is 8.15. The van der Waals surface area contributed by atoms with E-state index in [1.54, 1.807) is 0 Å². The first-order valence-corrected chi connectivity index (χ1v) is 2.34. The van der Waals surface area contributed by atoms with Crippen molar-refractivity contribution in [2.75, 3.05) is 0 Å². The second kappa shape index (κ2) is 10.3. The Bertz CT molecular complexity index is 48.4. The van der Waals surface area contributed by atoms with Gasteiger partial charge in [-0.2, -0.15) is 0 Å². The zero-order valence-corrected chi connectivity index (χ0v) is 6.97. The minimum absolute atomic E-state index is 0. The van der Waals surface area contributed by atoms with Gasteiger partial charge in [0.2, 0.25) is 0 Å². The molecular formula is CH6Al2O5. The maximum Gasteiger partial charge on any atom is 0.501 e. The molecule has 46 valence electrons. The summed E-state index contributed by atoms with van der Waals surface area (Å²) in [5, 5.41) is 0. The minimum atomic E-state index is -0.633. The topological polar surface area (TPSA) is 98.5 Å². The van der Waals surface area contributed by atoms with Crippen LogP contribution >= 0.6 is 0 Å². The molecule has 4 N–H and O–H groups in total. The van der Waals surface area contributed by atoms with Gasteiger partial charge in [-0.05, 0) is 0 Å². The molecule has 0 bridgehead atoms. The van der Waals surface area contributed by atoms with Crippen molar-refractivity contribution in [2.24, 2.45) is 0 Å². The van der Waals surface area contributed by atoms with Gasteiger partial charge in [-0.15, -0.1) is 0 Å². The van der Waals surface area contributed by atoms with Crippen LogP contribution in [0.3, 0.4) is 0 Å². The van der Waals surface area contributed by atoms with Crippen LogP contribution in [0, 0.1) is 0 Å². The summed E-state index contributed by atoms with van der Waals surface area (Å²) in [6.07, 6.45) is -0.633. The first kappa shape index (κ1) is 15.7. The molecule has 2 radical (unpaired) electrons. The quantitative estimate of drug-likeness (QED) is 0.348. The Morgan fingerprint density at radius 3 is 1.38 bits per heavy atom. The van der Waals surface area contributed by atoms with Crippen LogP contribution in [-0.4, -0.2) is 50.4 Å². The van der Waals surface area contributed by atoms with Gasteiger partial charge in [-0.3, -0.25) is 0 Å². The van der Waals surface area contributed by atoms with Crippen LogP contribution in [0.5, 0.6) is 0 Å². The molecule has 0 aromatic rings. The largest absolute Gasteiger partial charge is 0.596 e. The molecule has 0 rings (SSSR count). The number of hydrogen-bond donors (Lipinski definition) is 0. The molecule has 8 heavy (non-hydrogen) atoms. The molecule has 0 saturated heterocycles. The molecule has 0 aromatic heterocycles. The van der Waals surface area contributed by atoms with Crippen LogP contribution < -0.4 is 0 Å². The lowest BCUT2D eigenvalue weighted by atomic mass is 11.5. The monoisotopic (exact) mass is 152 g/mol. The summed E-state index contributed by atoms with van der Waals surface area (Å²) in [5.41, 5.74) is 0. The van der Waals surface area contributed by atoms with Crippen molar-refractivity contribution < 1.29 is 23.3 Å². The molecule has 0 saturated carbocycles. The molecule has 0 fully saturated rings. The van der Waals surface area contributed by atoms with E-state index >= 15 is 0 Å². The summed E-state index contributed by atoms with van der Waals surface area (Å²) in [5.74, 6) is 0. The van der Waals surface area contributed by atoms with E-state index in [4.69, 9.17) is 0 Å². The summed E-state index contributed by atoms with van der Waals surface area (Å²) >= 11 is 2.18. The van der Waals surface area contributed by atoms with E-state index in [1.165, 1.54) is 0 Å². The van der Waals surface area contributed by atoms with E-state index in [9.17, 15) is 4.79 Å². The molecule has 0 heterocycles. The summed E-state index contributed by atoms with van der Waals surface area (Å²) in [6, 6.07) is 0. The van der Waals surface area contributed by atoms with Gasteiger partial charge in [0.1, 0.15) is 0 Å². The average molecular weight is 152 g/mol. The van der Waals surface area contributed by atoms with Crippen LogP contribution in [-0.2, 0) is 7.58 Å². The summed E-state index contributed by atoms with van der Waals surface area (Å²) in [6.45, 7) is 0. The number of carbonyl (C=O) groups is 1. The smallest absolute Gasteiger partial charge is 0.501 e. The third kappa shape index (κ3) is 9.54. The molecule has 0 aliphatic carbocycles. The Morgan fingerprint density at radius 1 is 1.12 bits per heavy atom. The summed E-state index contributed by atoms with van der Waals surface area (Å²) in [7, 11) is 0. The Kier molecular flexibility index (Phi) is 20.2. The van der Waals surface area contributed by atoms with Gasteiger partial charge in [-0.25, -0.2) is 4.79 Å². The van der Waals surface area contributed by atoms with Crippen LogP contribution in [0.15, 0.2) is 0 Å². The second-order valence-electron chi connectivity index (χ2n) is 0.539. The summed E-state index contributed by atoms with van der Waals surface area (Å²) in [4.78, 5) is 9.75. The van der Waals surface area contributed by atoms with Crippen molar-refractivity contribution in [1.29, 1.82) is 0 Å². The Balaban J connectivity index is -0.000000125. The van der Waals surface area contributed by atoms with Gasteiger partial charge >= 0.3 is 39.4 Å².